The molecular formula is C16H33BrO. The second-order valence-corrected chi connectivity index (χ2v) is 5.87. The third-order valence-electron chi connectivity index (χ3n) is 3.58. The molecule has 0 heterocycles. The largest absolute Gasteiger partial charge is 0.308 e. The molecule has 0 atom stereocenters. The normalized spacial score (nSPS) is 11.0. The smallest absolute Gasteiger partial charge is 0.0987 e. The molecule has 0 amide bonds. The quantitative estimate of drug-likeness (QED) is 0.302. The van der Waals surface area contributed by atoms with Crippen LogP contribution in [0.25, 0.3) is 0 Å². The molecule has 2 heteroatoms. The van der Waals surface area contributed by atoms with E-state index in [9.17, 15) is 0 Å². The van der Waals surface area contributed by atoms with E-state index in [-0.39, 0.29) is 0 Å². The Balaban J connectivity index is 2.86. The van der Waals surface area contributed by atoms with Crippen LogP contribution in [-0.2, 0) is 3.83 Å². The Morgan fingerprint density at radius 3 is 1.22 bits per heavy atom. The van der Waals surface area contributed by atoms with Crippen molar-refractivity contribution in [1.29, 1.82) is 0 Å². The highest BCUT2D eigenvalue weighted by Gasteiger charge is 1.93. The fourth-order valence-corrected chi connectivity index (χ4v) is 2.58. The van der Waals surface area contributed by atoms with Crippen molar-refractivity contribution in [2.45, 2.75) is 96.8 Å². The molecule has 0 aromatic heterocycles. The van der Waals surface area contributed by atoms with E-state index in [0.717, 1.165) is 6.61 Å². The van der Waals surface area contributed by atoms with Gasteiger partial charge in [-0.1, -0.05) is 90.4 Å². The van der Waals surface area contributed by atoms with Crippen molar-refractivity contribution in [3.8, 4) is 0 Å². The second kappa shape index (κ2) is 17.4. The molecule has 0 bridgehead atoms. The number of rotatable bonds is 15. The molecule has 0 N–H and O–H groups in total. The first-order chi connectivity index (χ1) is 8.91. The lowest BCUT2D eigenvalue weighted by Gasteiger charge is -2.02. The Hall–Kier alpha value is 0.440. The maximum Gasteiger partial charge on any atom is 0.0987 e. The Morgan fingerprint density at radius 1 is 0.556 bits per heavy atom. The predicted molar refractivity (Wildman–Crippen MR) is 85.2 cm³/mol. The third kappa shape index (κ3) is 16.4. The van der Waals surface area contributed by atoms with Crippen LogP contribution in [0, 0.1) is 0 Å². The molecule has 0 rings (SSSR count). The van der Waals surface area contributed by atoms with Crippen LogP contribution >= 0.6 is 16.3 Å². The molecule has 0 fully saturated rings. The van der Waals surface area contributed by atoms with Gasteiger partial charge in [0.1, 0.15) is 0 Å². The average molecular weight is 321 g/mol. The average Bonchev–Trinajstić information content (AvgIpc) is 2.39. The zero-order valence-corrected chi connectivity index (χ0v) is 14.0. The molecule has 0 radical (unpaired) electrons. The third-order valence-corrected chi connectivity index (χ3v) is 3.90. The Morgan fingerprint density at radius 2 is 0.889 bits per heavy atom. The van der Waals surface area contributed by atoms with Gasteiger partial charge in [0, 0.05) is 0 Å². The molecule has 0 aromatic rings. The molecule has 1 nitrogen and oxygen atoms in total. The summed E-state index contributed by atoms with van der Waals surface area (Å²) >= 11 is 2.99. The molecule has 0 aromatic carbocycles. The van der Waals surface area contributed by atoms with Crippen LogP contribution in [0.3, 0.4) is 0 Å². The summed E-state index contributed by atoms with van der Waals surface area (Å²) in [4.78, 5) is 0. The second-order valence-electron chi connectivity index (χ2n) is 5.41. The summed E-state index contributed by atoms with van der Waals surface area (Å²) in [5.41, 5.74) is 0. The summed E-state index contributed by atoms with van der Waals surface area (Å²) < 4.78 is 4.86. The highest BCUT2D eigenvalue weighted by molar-refractivity contribution is 9.06. The topological polar surface area (TPSA) is 9.23 Å². The van der Waals surface area contributed by atoms with Gasteiger partial charge in [-0.15, -0.1) is 0 Å². The van der Waals surface area contributed by atoms with E-state index in [1.165, 1.54) is 89.9 Å². The van der Waals surface area contributed by atoms with E-state index in [0.29, 0.717) is 0 Å². The molecule has 0 aliphatic heterocycles. The number of unbranched alkanes of at least 4 members (excludes halogenated alkanes) is 13. The van der Waals surface area contributed by atoms with Gasteiger partial charge in [0.2, 0.25) is 0 Å². The van der Waals surface area contributed by atoms with E-state index in [1.54, 1.807) is 0 Å². The van der Waals surface area contributed by atoms with Gasteiger partial charge in [0.05, 0.1) is 22.9 Å². The first-order valence-corrected chi connectivity index (χ1v) is 8.80. The summed E-state index contributed by atoms with van der Waals surface area (Å²) in [5, 5.41) is 0. The minimum Gasteiger partial charge on any atom is -0.308 e. The summed E-state index contributed by atoms with van der Waals surface area (Å²) in [6.45, 7) is 3.14. The zero-order valence-electron chi connectivity index (χ0n) is 12.4. The van der Waals surface area contributed by atoms with Crippen LogP contribution < -0.4 is 0 Å². The van der Waals surface area contributed by atoms with E-state index in [4.69, 9.17) is 3.83 Å². The first kappa shape index (κ1) is 18.4. The van der Waals surface area contributed by atoms with Gasteiger partial charge >= 0.3 is 0 Å². The van der Waals surface area contributed by atoms with Crippen LogP contribution in [0.5, 0.6) is 0 Å². The van der Waals surface area contributed by atoms with Crippen molar-refractivity contribution >= 4 is 16.3 Å². The van der Waals surface area contributed by atoms with Gasteiger partial charge in [-0.05, 0) is 6.42 Å². The van der Waals surface area contributed by atoms with Gasteiger partial charge in [0.15, 0.2) is 0 Å². The molecule has 18 heavy (non-hydrogen) atoms. The lowest BCUT2D eigenvalue weighted by atomic mass is 10.0. The maximum atomic E-state index is 4.86. The van der Waals surface area contributed by atoms with E-state index >= 15 is 0 Å². The minimum atomic E-state index is 0.859. The Kier molecular flexibility index (Phi) is 17.9. The predicted octanol–water partition coefficient (Wildman–Crippen LogP) is 6.79. The van der Waals surface area contributed by atoms with Gasteiger partial charge in [-0.25, -0.2) is 0 Å². The highest BCUT2D eigenvalue weighted by Crippen LogP contribution is 2.12. The maximum absolute atomic E-state index is 4.86. The van der Waals surface area contributed by atoms with Crippen LogP contribution in [-0.4, -0.2) is 6.61 Å². The van der Waals surface area contributed by atoms with Crippen molar-refractivity contribution in [3.05, 3.63) is 0 Å². The summed E-state index contributed by atoms with van der Waals surface area (Å²) in [5.74, 6) is 0. The standard InChI is InChI=1S/C16H33BrO/c1-2-3-4-5-6-7-8-9-10-11-12-13-14-15-16-18-17/h2-16H2,1H3. The molecule has 0 saturated carbocycles. The molecule has 0 spiro atoms. The fourth-order valence-electron chi connectivity index (χ4n) is 2.35. The number of halogens is 1. The molecular weight excluding hydrogens is 288 g/mol. The SMILES string of the molecule is CCCCCCCCCCCCCCCCOBr. The van der Waals surface area contributed by atoms with Crippen LogP contribution in [0.1, 0.15) is 96.8 Å². The summed E-state index contributed by atoms with van der Waals surface area (Å²) in [6.07, 6.45) is 19.8. The van der Waals surface area contributed by atoms with Gasteiger partial charge < -0.3 is 3.83 Å². The number of hydrogen-bond acceptors (Lipinski definition) is 1. The highest BCUT2D eigenvalue weighted by atomic mass is 79.9. The van der Waals surface area contributed by atoms with Crippen molar-refractivity contribution < 1.29 is 3.83 Å². The molecule has 0 aliphatic carbocycles. The molecule has 0 unspecified atom stereocenters. The van der Waals surface area contributed by atoms with Crippen LogP contribution in [0.4, 0.5) is 0 Å². The van der Waals surface area contributed by atoms with Gasteiger partial charge in [0.25, 0.3) is 0 Å². The fraction of sp³-hybridized carbons (Fsp3) is 1.00. The molecule has 0 aliphatic rings. The van der Waals surface area contributed by atoms with Crippen molar-refractivity contribution in [1.82, 2.24) is 0 Å². The Bertz CT molecular complexity index is 123. The van der Waals surface area contributed by atoms with E-state index in [1.807, 2.05) is 0 Å². The minimum absolute atomic E-state index is 0.859. The van der Waals surface area contributed by atoms with E-state index in [2.05, 4.69) is 23.2 Å². The van der Waals surface area contributed by atoms with E-state index < -0.39 is 0 Å². The van der Waals surface area contributed by atoms with Crippen LogP contribution in [0.15, 0.2) is 0 Å². The van der Waals surface area contributed by atoms with Gasteiger partial charge in [-0.2, -0.15) is 0 Å². The first-order valence-electron chi connectivity index (χ1n) is 8.15. The molecule has 110 valence electrons. The summed E-state index contributed by atoms with van der Waals surface area (Å²) in [7, 11) is 0. The lowest BCUT2D eigenvalue weighted by molar-refractivity contribution is 0.374. The number of hydrogen-bond donors (Lipinski definition) is 0. The van der Waals surface area contributed by atoms with Gasteiger partial charge in [-0.3, -0.25) is 0 Å². The Labute approximate surface area is 124 Å². The monoisotopic (exact) mass is 320 g/mol. The lowest BCUT2D eigenvalue weighted by Crippen LogP contribution is -1.85. The van der Waals surface area contributed by atoms with Crippen LogP contribution in [0.2, 0.25) is 0 Å². The zero-order chi connectivity index (χ0) is 13.3. The van der Waals surface area contributed by atoms with Crippen molar-refractivity contribution in [2.75, 3.05) is 6.61 Å². The summed E-state index contributed by atoms with van der Waals surface area (Å²) in [6, 6.07) is 0. The molecule has 0 saturated heterocycles. The van der Waals surface area contributed by atoms with Crippen molar-refractivity contribution in [3.63, 3.8) is 0 Å². The van der Waals surface area contributed by atoms with Crippen molar-refractivity contribution in [2.24, 2.45) is 0 Å².